The van der Waals surface area contributed by atoms with Gasteiger partial charge in [-0.15, -0.1) is 0 Å². The summed E-state index contributed by atoms with van der Waals surface area (Å²) >= 11 is 6.12. The third kappa shape index (κ3) is 4.97. The molecule has 134 valence electrons. The van der Waals surface area contributed by atoms with Gasteiger partial charge in [0.25, 0.3) is 5.91 Å². The summed E-state index contributed by atoms with van der Waals surface area (Å²) in [6, 6.07) is 15.1. The van der Waals surface area contributed by atoms with E-state index in [2.05, 4.69) is 30.1 Å². The quantitative estimate of drug-likeness (QED) is 0.768. The number of nitrogens with one attached hydrogen (secondary N) is 1. The fourth-order valence-corrected chi connectivity index (χ4v) is 3.12. The molecule has 1 atom stereocenters. The smallest absolute Gasteiger partial charge is 0.252 e. The molecule has 0 bridgehead atoms. The minimum atomic E-state index is -0.161. The van der Waals surface area contributed by atoms with Gasteiger partial charge in [0, 0.05) is 6.54 Å². The van der Waals surface area contributed by atoms with Crippen LogP contribution in [0.5, 0.6) is 5.75 Å². The highest BCUT2D eigenvalue weighted by molar-refractivity contribution is 6.33. The van der Waals surface area contributed by atoms with Crippen LogP contribution in [-0.4, -0.2) is 37.6 Å². The van der Waals surface area contributed by atoms with Gasteiger partial charge in [-0.25, -0.2) is 0 Å². The van der Waals surface area contributed by atoms with E-state index >= 15 is 0 Å². The van der Waals surface area contributed by atoms with Crippen molar-refractivity contribution in [2.45, 2.75) is 19.9 Å². The van der Waals surface area contributed by atoms with Crippen LogP contribution < -0.4 is 10.1 Å². The number of methoxy groups -OCH3 is 1. The van der Waals surface area contributed by atoms with Crippen molar-refractivity contribution >= 4 is 17.5 Å². The van der Waals surface area contributed by atoms with Crippen LogP contribution in [-0.2, 0) is 0 Å². The number of likely N-dealkylation sites (N-methyl/N-ethyl adjacent to an activating group) is 1. The Morgan fingerprint density at radius 2 is 1.88 bits per heavy atom. The molecule has 0 saturated heterocycles. The minimum absolute atomic E-state index is 0.0662. The number of halogens is 1. The molecule has 1 N–H and O–H groups in total. The largest absolute Gasteiger partial charge is 0.497 e. The van der Waals surface area contributed by atoms with Gasteiger partial charge in [0.1, 0.15) is 5.75 Å². The highest BCUT2D eigenvalue weighted by Crippen LogP contribution is 2.24. The number of hydrogen-bond acceptors (Lipinski definition) is 3. The first-order valence-electron chi connectivity index (χ1n) is 8.51. The van der Waals surface area contributed by atoms with Crippen LogP contribution in [0.1, 0.15) is 35.8 Å². The molecule has 0 radical (unpaired) electrons. The summed E-state index contributed by atoms with van der Waals surface area (Å²) in [6.45, 7) is 6.51. The first-order valence-corrected chi connectivity index (χ1v) is 8.89. The summed E-state index contributed by atoms with van der Waals surface area (Å²) in [5.74, 6) is 0.651. The average Bonchev–Trinajstić information content (AvgIpc) is 2.65. The Hall–Kier alpha value is -2.04. The summed E-state index contributed by atoms with van der Waals surface area (Å²) < 4.78 is 5.34. The van der Waals surface area contributed by atoms with Crippen molar-refractivity contribution in [3.63, 3.8) is 0 Å². The van der Waals surface area contributed by atoms with Gasteiger partial charge in [0.05, 0.1) is 23.7 Å². The molecule has 0 aliphatic heterocycles. The lowest BCUT2D eigenvalue weighted by Gasteiger charge is -2.30. The Morgan fingerprint density at radius 1 is 1.16 bits per heavy atom. The third-order valence-electron chi connectivity index (χ3n) is 4.31. The third-order valence-corrected chi connectivity index (χ3v) is 4.64. The molecule has 2 rings (SSSR count). The average molecular weight is 361 g/mol. The second kappa shape index (κ2) is 9.44. The molecular weight excluding hydrogens is 336 g/mol. The molecule has 0 aliphatic rings. The Labute approximate surface area is 154 Å². The van der Waals surface area contributed by atoms with Crippen molar-refractivity contribution in [1.29, 1.82) is 0 Å². The van der Waals surface area contributed by atoms with Crippen LogP contribution in [0.4, 0.5) is 0 Å². The van der Waals surface area contributed by atoms with Gasteiger partial charge in [0.15, 0.2) is 0 Å². The molecular formula is C20H25ClN2O2. The molecule has 2 aromatic carbocycles. The Kier molecular flexibility index (Phi) is 7.29. The summed E-state index contributed by atoms with van der Waals surface area (Å²) in [5.41, 5.74) is 1.61. The fraction of sp³-hybridized carbons (Fsp3) is 0.350. The molecule has 1 unspecified atom stereocenters. The molecule has 1 amide bonds. The number of benzene rings is 2. The van der Waals surface area contributed by atoms with Crippen molar-refractivity contribution in [1.82, 2.24) is 10.2 Å². The lowest BCUT2D eigenvalue weighted by molar-refractivity contribution is 0.0935. The minimum Gasteiger partial charge on any atom is -0.497 e. The van der Waals surface area contributed by atoms with Crippen LogP contribution in [0, 0.1) is 0 Å². The van der Waals surface area contributed by atoms with Crippen molar-refractivity contribution in [3.05, 3.63) is 64.7 Å². The first kappa shape index (κ1) is 19.3. The summed E-state index contributed by atoms with van der Waals surface area (Å²) in [7, 11) is 1.66. The van der Waals surface area contributed by atoms with Crippen molar-refractivity contribution in [3.8, 4) is 5.75 Å². The Bertz CT molecular complexity index is 702. The molecule has 0 saturated carbocycles. The van der Waals surface area contributed by atoms with E-state index in [1.54, 1.807) is 19.2 Å². The van der Waals surface area contributed by atoms with Crippen molar-refractivity contribution in [2.24, 2.45) is 0 Å². The topological polar surface area (TPSA) is 41.6 Å². The van der Waals surface area contributed by atoms with Crippen LogP contribution >= 0.6 is 11.6 Å². The maximum atomic E-state index is 12.5. The van der Waals surface area contributed by atoms with Crippen molar-refractivity contribution < 1.29 is 9.53 Å². The molecule has 0 aromatic heterocycles. The number of rotatable bonds is 8. The molecule has 0 fully saturated rings. The molecule has 0 heterocycles. The second-order valence-corrected chi connectivity index (χ2v) is 6.11. The van der Waals surface area contributed by atoms with E-state index in [0.29, 0.717) is 17.1 Å². The maximum Gasteiger partial charge on any atom is 0.252 e. The van der Waals surface area contributed by atoms with Gasteiger partial charge in [-0.3, -0.25) is 9.69 Å². The zero-order valence-electron chi connectivity index (χ0n) is 15.0. The van der Waals surface area contributed by atoms with Gasteiger partial charge in [-0.1, -0.05) is 49.7 Å². The lowest BCUT2D eigenvalue weighted by atomic mass is 10.0. The van der Waals surface area contributed by atoms with E-state index in [1.165, 1.54) is 0 Å². The molecule has 25 heavy (non-hydrogen) atoms. The van der Waals surface area contributed by atoms with E-state index in [0.717, 1.165) is 24.4 Å². The lowest BCUT2D eigenvalue weighted by Crippen LogP contribution is -2.38. The zero-order chi connectivity index (χ0) is 18.2. The van der Waals surface area contributed by atoms with Gasteiger partial charge in [-0.2, -0.15) is 0 Å². The summed E-state index contributed by atoms with van der Waals surface area (Å²) in [5, 5.41) is 3.48. The van der Waals surface area contributed by atoms with Gasteiger partial charge in [-0.05, 0) is 42.9 Å². The second-order valence-electron chi connectivity index (χ2n) is 5.70. The number of amides is 1. The highest BCUT2D eigenvalue weighted by Gasteiger charge is 2.20. The zero-order valence-corrected chi connectivity index (χ0v) is 15.7. The predicted molar refractivity (Wildman–Crippen MR) is 102 cm³/mol. The van der Waals surface area contributed by atoms with Gasteiger partial charge >= 0.3 is 0 Å². The fourth-order valence-electron chi connectivity index (χ4n) is 2.90. The highest BCUT2D eigenvalue weighted by atomic mass is 35.5. The van der Waals surface area contributed by atoms with E-state index in [1.807, 2.05) is 30.3 Å². The molecule has 2 aromatic rings. The number of hydrogen-bond donors (Lipinski definition) is 1. The normalized spacial score (nSPS) is 12.0. The SMILES string of the molecule is CCN(CC)C(CNC(=O)c1ccccc1Cl)c1cccc(OC)c1. The summed E-state index contributed by atoms with van der Waals surface area (Å²) in [6.07, 6.45) is 0. The Balaban J connectivity index is 2.19. The van der Waals surface area contributed by atoms with Gasteiger partial charge in [0.2, 0.25) is 0 Å². The van der Waals surface area contributed by atoms with Crippen molar-refractivity contribution in [2.75, 3.05) is 26.7 Å². The van der Waals surface area contributed by atoms with E-state index in [4.69, 9.17) is 16.3 Å². The number of ether oxygens (including phenoxy) is 1. The van der Waals surface area contributed by atoms with E-state index < -0.39 is 0 Å². The van der Waals surface area contributed by atoms with Crippen LogP contribution in [0.2, 0.25) is 5.02 Å². The summed E-state index contributed by atoms with van der Waals surface area (Å²) in [4.78, 5) is 14.8. The Morgan fingerprint density at radius 3 is 2.52 bits per heavy atom. The van der Waals surface area contributed by atoms with E-state index in [9.17, 15) is 4.79 Å². The first-order chi connectivity index (χ1) is 12.1. The number of carbonyl (C=O) groups excluding carboxylic acids is 1. The standard InChI is InChI=1S/C20H25ClN2O2/c1-4-23(5-2)19(15-9-8-10-16(13-15)25-3)14-22-20(24)17-11-6-7-12-18(17)21/h6-13,19H,4-5,14H2,1-3H3,(H,22,24). The van der Waals surface area contributed by atoms with Crippen LogP contribution in [0.25, 0.3) is 0 Å². The molecule has 4 nitrogen and oxygen atoms in total. The monoisotopic (exact) mass is 360 g/mol. The number of nitrogens with zero attached hydrogens (tertiary/aromatic N) is 1. The van der Waals surface area contributed by atoms with Crippen LogP contribution in [0.15, 0.2) is 48.5 Å². The molecule has 5 heteroatoms. The van der Waals surface area contributed by atoms with Gasteiger partial charge < -0.3 is 10.1 Å². The predicted octanol–water partition coefficient (Wildman–Crippen LogP) is 4.16. The number of carbonyl (C=O) groups is 1. The van der Waals surface area contributed by atoms with Crippen LogP contribution in [0.3, 0.4) is 0 Å². The van der Waals surface area contributed by atoms with E-state index in [-0.39, 0.29) is 11.9 Å². The maximum absolute atomic E-state index is 12.5. The molecule has 0 spiro atoms. The molecule has 0 aliphatic carbocycles.